The molecule has 1 aromatic heterocycles. The molecule has 0 bridgehead atoms. The molecule has 0 radical (unpaired) electrons. The van der Waals surface area contributed by atoms with E-state index in [-0.39, 0.29) is 24.4 Å². The first kappa shape index (κ1) is 13.1. The lowest BCUT2D eigenvalue weighted by Crippen LogP contribution is -2.07. The molecular weight excluding hydrogens is 238 g/mol. The molecule has 0 aliphatic rings. The molecule has 96 valence electrons. The molecule has 0 amide bonds. The minimum Gasteiger partial charge on any atom is -0.294 e. The number of rotatable bonds is 5. The Balaban J connectivity index is 1.98. The largest absolute Gasteiger partial charge is 0.294 e. The van der Waals surface area contributed by atoms with Crippen LogP contribution in [0.5, 0.6) is 0 Å². The highest BCUT2D eigenvalue weighted by atomic mass is 16.1. The Labute approximate surface area is 112 Å². The number of nitrogens with zero attached hydrogens (tertiary/aromatic N) is 1. The summed E-state index contributed by atoms with van der Waals surface area (Å²) in [6.45, 7) is 1.90. The van der Waals surface area contributed by atoms with Gasteiger partial charge in [0.25, 0.3) is 0 Å². The predicted molar refractivity (Wildman–Crippen MR) is 73.3 cm³/mol. The zero-order valence-electron chi connectivity index (χ0n) is 10.8. The van der Waals surface area contributed by atoms with Gasteiger partial charge in [0.1, 0.15) is 5.69 Å². The Morgan fingerprint density at radius 3 is 2.32 bits per heavy atom. The number of benzene rings is 1. The number of carbonyl (C=O) groups is 2. The van der Waals surface area contributed by atoms with E-state index in [1.165, 1.54) is 0 Å². The lowest BCUT2D eigenvalue weighted by atomic mass is 10.00. The molecule has 0 unspecified atom stereocenters. The molecule has 1 aromatic carbocycles. The van der Waals surface area contributed by atoms with Gasteiger partial charge in [0.05, 0.1) is 0 Å². The maximum Gasteiger partial charge on any atom is 0.181 e. The third-order valence-corrected chi connectivity index (χ3v) is 2.98. The molecule has 0 saturated carbocycles. The first-order valence-electron chi connectivity index (χ1n) is 6.21. The van der Waals surface area contributed by atoms with Gasteiger partial charge >= 0.3 is 0 Å². The normalized spacial score (nSPS) is 10.2. The summed E-state index contributed by atoms with van der Waals surface area (Å²) in [5.41, 5.74) is 2.05. The number of aryl methyl sites for hydroxylation is 1. The maximum absolute atomic E-state index is 12.0. The van der Waals surface area contributed by atoms with E-state index in [1.54, 1.807) is 30.5 Å². The van der Waals surface area contributed by atoms with Crippen molar-refractivity contribution < 1.29 is 9.59 Å². The molecule has 3 nitrogen and oxygen atoms in total. The van der Waals surface area contributed by atoms with Crippen LogP contribution in [0.15, 0.2) is 48.7 Å². The molecular formula is C16H15NO2. The lowest BCUT2D eigenvalue weighted by molar-refractivity contribution is 0.0914. The van der Waals surface area contributed by atoms with Crippen molar-refractivity contribution in [2.75, 3.05) is 0 Å². The quantitative estimate of drug-likeness (QED) is 0.768. The van der Waals surface area contributed by atoms with Crippen molar-refractivity contribution in [2.24, 2.45) is 0 Å². The van der Waals surface area contributed by atoms with E-state index < -0.39 is 0 Å². The minimum atomic E-state index is -0.0949. The topological polar surface area (TPSA) is 47.0 Å². The summed E-state index contributed by atoms with van der Waals surface area (Å²) in [5, 5.41) is 0. The summed E-state index contributed by atoms with van der Waals surface area (Å²) in [6, 6.07) is 12.6. The van der Waals surface area contributed by atoms with E-state index in [1.807, 2.05) is 25.1 Å². The van der Waals surface area contributed by atoms with Gasteiger partial charge in [-0.05, 0) is 24.6 Å². The van der Waals surface area contributed by atoms with E-state index in [4.69, 9.17) is 0 Å². The number of carbonyl (C=O) groups excluding carboxylic acids is 2. The number of ketones is 2. The molecule has 0 saturated heterocycles. The van der Waals surface area contributed by atoms with E-state index >= 15 is 0 Å². The van der Waals surface area contributed by atoms with Crippen LogP contribution >= 0.6 is 0 Å². The summed E-state index contributed by atoms with van der Waals surface area (Å²) < 4.78 is 0. The highest BCUT2D eigenvalue weighted by Crippen LogP contribution is 2.12. The van der Waals surface area contributed by atoms with Gasteiger partial charge in [-0.15, -0.1) is 0 Å². The van der Waals surface area contributed by atoms with Crippen LogP contribution in [0.25, 0.3) is 0 Å². The number of pyridine rings is 1. The fourth-order valence-electron chi connectivity index (χ4n) is 1.90. The van der Waals surface area contributed by atoms with Crippen molar-refractivity contribution in [2.45, 2.75) is 19.8 Å². The van der Waals surface area contributed by atoms with Crippen LogP contribution in [0.1, 0.15) is 39.3 Å². The summed E-state index contributed by atoms with van der Waals surface area (Å²) in [5.74, 6) is -0.0927. The van der Waals surface area contributed by atoms with Gasteiger partial charge in [0, 0.05) is 24.6 Å². The van der Waals surface area contributed by atoms with E-state index in [0.717, 1.165) is 5.56 Å². The second kappa shape index (κ2) is 6.05. The molecule has 0 atom stereocenters. The molecule has 1 heterocycles. The monoisotopic (exact) mass is 253 g/mol. The van der Waals surface area contributed by atoms with Gasteiger partial charge in [-0.2, -0.15) is 0 Å². The third-order valence-electron chi connectivity index (χ3n) is 2.98. The van der Waals surface area contributed by atoms with Crippen LogP contribution < -0.4 is 0 Å². The van der Waals surface area contributed by atoms with Gasteiger partial charge in [-0.3, -0.25) is 14.6 Å². The fraction of sp³-hybridized carbons (Fsp3) is 0.188. The van der Waals surface area contributed by atoms with E-state index in [9.17, 15) is 9.59 Å². The molecule has 0 fully saturated rings. The summed E-state index contributed by atoms with van der Waals surface area (Å²) in [4.78, 5) is 27.9. The van der Waals surface area contributed by atoms with Crippen LogP contribution in [0.4, 0.5) is 0 Å². The molecule has 0 aliphatic heterocycles. The Morgan fingerprint density at radius 2 is 1.63 bits per heavy atom. The summed E-state index contributed by atoms with van der Waals surface area (Å²) >= 11 is 0. The average Bonchev–Trinajstić information content (AvgIpc) is 2.46. The smallest absolute Gasteiger partial charge is 0.181 e. The number of hydrogen-bond acceptors (Lipinski definition) is 3. The van der Waals surface area contributed by atoms with Crippen molar-refractivity contribution in [3.63, 3.8) is 0 Å². The van der Waals surface area contributed by atoms with Crippen molar-refractivity contribution in [3.8, 4) is 0 Å². The van der Waals surface area contributed by atoms with Gasteiger partial charge in [0.15, 0.2) is 11.6 Å². The SMILES string of the molecule is Cc1ccccc1C(=O)CCC(=O)c1ccccn1. The Morgan fingerprint density at radius 1 is 0.947 bits per heavy atom. The predicted octanol–water partition coefficient (Wildman–Crippen LogP) is 3.24. The second-order valence-electron chi connectivity index (χ2n) is 4.38. The molecule has 19 heavy (non-hydrogen) atoms. The van der Waals surface area contributed by atoms with Crippen LogP contribution in [-0.2, 0) is 0 Å². The van der Waals surface area contributed by atoms with Gasteiger partial charge < -0.3 is 0 Å². The number of hydrogen-bond donors (Lipinski definition) is 0. The lowest BCUT2D eigenvalue weighted by Gasteiger charge is -2.04. The van der Waals surface area contributed by atoms with Gasteiger partial charge in [-0.1, -0.05) is 30.3 Å². The highest BCUT2D eigenvalue weighted by Gasteiger charge is 2.12. The zero-order valence-corrected chi connectivity index (χ0v) is 10.8. The fourth-order valence-corrected chi connectivity index (χ4v) is 1.90. The zero-order chi connectivity index (χ0) is 13.7. The van der Waals surface area contributed by atoms with Gasteiger partial charge in [0.2, 0.25) is 0 Å². The molecule has 0 spiro atoms. The van der Waals surface area contributed by atoms with Crippen LogP contribution in [0.2, 0.25) is 0 Å². The Bertz CT molecular complexity index is 591. The van der Waals surface area contributed by atoms with Gasteiger partial charge in [-0.25, -0.2) is 0 Å². The van der Waals surface area contributed by atoms with Crippen molar-refractivity contribution in [1.29, 1.82) is 0 Å². The van der Waals surface area contributed by atoms with Crippen LogP contribution in [0.3, 0.4) is 0 Å². The first-order chi connectivity index (χ1) is 9.18. The maximum atomic E-state index is 12.0. The summed E-state index contributed by atoms with van der Waals surface area (Å²) in [6.07, 6.45) is 2.00. The highest BCUT2D eigenvalue weighted by molar-refractivity contribution is 6.02. The molecule has 0 aliphatic carbocycles. The Hall–Kier alpha value is -2.29. The molecule has 3 heteroatoms. The van der Waals surface area contributed by atoms with Crippen molar-refractivity contribution in [1.82, 2.24) is 4.98 Å². The third kappa shape index (κ3) is 3.35. The minimum absolute atomic E-state index is 0.00220. The van der Waals surface area contributed by atoms with Crippen LogP contribution in [-0.4, -0.2) is 16.6 Å². The standard InChI is InChI=1S/C16H15NO2/c1-12-6-2-3-7-13(12)15(18)9-10-16(19)14-8-4-5-11-17-14/h2-8,11H,9-10H2,1H3. The summed E-state index contributed by atoms with van der Waals surface area (Å²) in [7, 11) is 0. The Kier molecular flexibility index (Phi) is 4.18. The molecule has 2 rings (SSSR count). The van der Waals surface area contributed by atoms with Crippen molar-refractivity contribution >= 4 is 11.6 Å². The number of aromatic nitrogens is 1. The second-order valence-corrected chi connectivity index (χ2v) is 4.38. The van der Waals surface area contributed by atoms with E-state index in [2.05, 4.69) is 4.98 Å². The first-order valence-corrected chi connectivity index (χ1v) is 6.21. The average molecular weight is 253 g/mol. The molecule has 2 aromatic rings. The van der Waals surface area contributed by atoms with Crippen molar-refractivity contribution in [3.05, 3.63) is 65.5 Å². The van der Waals surface area contributed by atoms with Crippen LogP contribution in [0, 0.1) is 6.92 Å². The number of Topliss-reactive ketones (excluding diaryl/α,β-unsaturated/α-hetero) is 2. The molecule has 0 N–H and O–H groups in total. The van der Waals surface area contributed by atoms with E-state index in [0.29, 0.717) is 11.3 Å².